The number of nitrogens with two attached hydrogens (primary N) is 1. The molecule has 1 aromatic rings. The number of fused-ring (bicyclic) bond motifs is 1. The number of hydrogen-bond acceptors (Lipinski definition) is 3. The summed E-state index contributed by atoms with van der Waals surface area (Å²) in [5.41, 5.74) is 8.24. The van der Waals surface area contributed by atoms with E-state index in [0.717, 1.165) is 17.7 Å². The number of nitrogen functional groups attached to an aromatic ring is 1. The summed E-state index contributed by atoms with van der Waals surface area (Å²) >= 11 is 0. The summed E-state index contributed by atoms with van der Waals surface area (Å²) in [5.74, 6) is 0.307. The molecule has 0 radical (unpaired) electrons. The number of hydrogen-bond donors (Lipinski definition) is 1. The number of sulfonamides is 1. The van der Waals surface area contributed by atoms with Crippen LogP contribution in [-0.2, 0) is 16.4 Å². The summed E-state index contributed by atoms with van der Waals surface area (Å²) in [5, 5.41) is 0. The van der Waals surface area contributed by atoms with Gasteiger partial charge in [0.05, 0.1) is 11.4 Å². The van der Waals surface area contributed by atoms with Gasteiger partial charge in [-0.2, -0.15) is 0 Å². The Hall–Kier alpha value is -1.23. The van der Waals surface area contributed by atoms with Crippen LogP contribution < -0.4 is 10.0 Å². The van der Waals surface area contributed by atoms with E-state index < -0.39 is 10.0 Å². The third-order valence-electron chi connectivity index (χ3n) is 3.10. The molecule has 0 aromatic heterocycles. The van der Waals surface area contributed by atoms with E-state index >= 15 is 0 Å². The lowest BCUT2D eigenvalue weighted by Gasteiger charge is -2.25. The standard InChI is InChI=1S/C13H20N2O2S/c1-9(2)8-18(16,17)15-10(3)6-11-7-12(14)4-5-13(11)15/h4-5,7,9-10H,6,8,14H2,1-3H3. The third kappa shape index (κ3) is 2.32. The molecule has 1 aliphatic rings. The summed E-state index contributed by atoms with van der Waals surface area (Å²) in [6.45, 7) is 5.78. The lowest BCUT2D eigenvalue weighted by Crippen LogP contribution is -2.38. The molecule has 18 heavy (non-hydrogen) atoms. The molecule has 0 aliphatic carbocycles. The van der Waals surface area contributed by atoms with Crippen LogP contribution in [0.2, 0.25) is 0 Å². The molecule has 1 heterocycles. The molecule has 1 unspecified atom stereocenters. The van der Waals surface area contributed by atoms with E-state index in [4.69, 9.17) is 5.73 Å². The minimum Gasteiger partial charge on any atom is -0.399 e. The fourth-order valence-electron chi connectivity index (χ4n) is 2.55. The van der Waals surface area contributed by atoms with Crippen molar-refractivity contribution in [3.05, 3.63) is 23.8 Å². The first-order valence-electron chi connectivity index (χ1n) is 6.22. The van der Waals surface area contributed by atoms with Gasteiger partial charge in [-0.1, -0.05) is 13.8 Å². The second kappa shape index (κ2) is 4.46. The molecule has 1 aliphatic heterocycles. The topological polar surface area (TPSA) is 63.4 Å². The molecule has 4 nitrogen and oxygen atoms in total. The number of rotatable bonds is 3. The van der Waals surface area contributed by atoms with Gasteiger partial charge in [-0.05, 0) is 43.0 Å². The maximum absolute atomic E-state index is 12.4. The summed E-state index contributed by atoms with van der Waals surface area (Å²) in [6, 6.07) is 5.42. The van der Waals surface area contributed by atoms with Crippen molar-refractivity contribution in [2.75, 3.05) is 15.8 Å². The molecule has 0 spiro atoms. The maximum Gasteiger partial charge on any atom is 0.235 e. The minimum absolute atomic E-state index is 0.0226. The van der Waals surface area contributed by atoms with Crippen LogP contribution in [0.15, 0.2) is 18.2 Å². The Morgan fingerprint density at radius 3 is 2.72 bits per heavy atom. The molecule has 5 heteroatoms. The fraction of sp³-hybridized carbons (Fsp3) is 0.538. The van der Waals surface area contributed by atoms with Gasteiger partial charge < -0.3 is 5.73 Å². The lowest BCUT2D eigenvalue weighted by atomic mass is 10.1. The molecule has 2 rings (SSSR count). The van der Waals surface area contributed by atoms with Crippen LogP contribution in [-0.4, -0.2) is 20.2 Å². The smallest absolute Gasteiger partial charge is 0.235 e. The molecular formula is C13H20N2O2S. The third-order valence-corrected chi connectivity index (χ3v) is 5.34. The Bertz CT molecular complexity index is 552. The van der Waals surface area contributed by atoms with Gasteiger partial charge in [-0.25, -0.2) is 8.42 Å². The van der Waals surface area contributed by atoms with Crippen LogP contribution in [0.3, 0.4) is 0 Å². The van der Waals surface area contributed by atoms with E-state index in [1.165, 1.54) is 0 Å². The number of benzene rings is 1. The van der Waals surface area contributed by atoms with Gasteiger partial charge in [-0.15, -0.1) is 0 Å². The zero-order valence-electron chi connectivity index (χ0n) is 11.1. The molecule has 0 saturated heterocycles. The Labute approximate surface area is 109 Å². The lowest BCUT2D eigenvalue weighted by molar-refractivity contribution is 0.571. The average molecular weight is 268 g/mol. The number of anilines is 2. The molecular weight excluding hydrogens is 248 g/mol. The van der Waals surface area contributed by atoms with Crippen LogP contribution in [0, 0.1) is 5.92 Å². The number of nitrogens with zero attached hydrogens (tertiary/aromatic N) is 1. The van der Waals surface area contributed by atoms with E-state index in [1.54, 1.807) is 10.4 Å². The first kappa shape index (κ1) is 13.2. The van der Waals surface area contributed by atoms with Crippen molar-refractivity contribution in [3.8, 4) is 0 Å². The van der Waals surface area contributed by atoms with Gasteiger partial charge in [-0.3, -0.25) is 4.31 Å². The van der Waals surface area contributed by atoms with Crippen molar-refractivity contribution in [2.45, 2.75) is 33.2 Å². The molecule has 2 N–H and O–H groups in total. The highest BCUT2D eigenvalue weighted by atomic mass is 32.2. The summed E-state index contributed by atoms with van der Waals surface area (Å²) in [6.07, 6.45) is 0.734. The first-order chi connectivity index (χ1) is 8.31. The highest BCUT2D eigenvalue weighted by molar-refractivity contribution is 7.92. The van der Waals surface area contributed by atoms with Gasteiger partial charge in [0.25, 0.3) is 0 Å². The Morgan fingerprint density at radius 2 is 2.11 bits per heavy atom. The van der Waals surface area contributed by atoms with Gasteiger partial charge in [0.1, 0.15) is 0 Å². The first-order valence-corrected chi connectivity index (χ1v) is 7.82. The average Bonchev–Trinajstić information content (AvgIpc) is 2.51. The normalized spacial score (nSPS) is 19.3. The van der Waals surface area contributed by atoms with Crippen LogP contribution in [0.4, 0.5) is 11.4 Å². The Morgan fingerprint density at radius 1 is 1.44 bits per heavy atom. The van der Waals surface area contributed by atoms with E-state index in [9.17, 15) is 8.42 Å². The summed E-state index contributed by atoms with van der Waals surface area (Å²) in [7, 11) is -3.24. The van der Waals surface area contributed by atoms with Crippen molar-refractivity contribution >= 4 is 21.4 Å². The van der Waals surface area contributed by atoms with Gasteiger partial charge >= 0.3 is 0 Å². The quantitative estimate of drug-likeness (QED) is 0.853. The highest BCUT2D eigenvalue weighted by Crippen LogP contribution is 2.36. The predicted octanol–water partition coefficient (Wildman–Crippen LogP) is 2.01. The van der Waals surface area contributed by atoms with Crippen LogP contribution >= 0.6 is 0 Å². The van der Waals surface area contributed by atoms with E-state index in [-0.39, 0.29) is 17.7 Å². The molecule has 0 amide bonds. The zero-order valence-corrected chi connectivity index (χ0v) is 11.9. The molecule has 100 valence electrons. The van der Waals surface area contributed by atoms with Crippen LogP contribution in [0.25, 0.3) is 0 Å². The SMILES string of the molecule is CC(C)CS(=O)(=O)N1c2ccc(N)cc2CC1C. The van der Waals surface area contributed by atoms with E-state index in [2.05, 4.69) is 0 Å². The highest BCUT2D eigenvalue weighted by Gasteiger charge is 2.35. The zero-order chi connectivity index (χ0) is 13.5. The van der Waals surface area contributed by atoms with Gasteiger partial charge in [0.15, 0.2) is 0 Å². The van der Waals surface area contributed by atoms with E-state index in [0.29, 0.717) is 5.69 Å². The molecule has 0 saturated carbocycles. The van der Waals surface area contributed by atoms with Gasteiger partial charge in [0, 0.05) is 11.7 Å². The molecule has 1 atom stereocenters. The molecule has 0 bridgehead atoms. The van der Waals surface area contributed by atoms with Crippen molar-refractivity contribution in [3.63, 3.8) is 0 Å². The summed E-state index contributed by atoms with van der Waals surface area (Å²) < 4.78 is 26.3. The largest absolute Gasteiger partial charge is 0.399 e. The van der Waals surface area contributed by atoms with Gasteiger partial charge in [0.2, 0.25) is 10.0 Å². The maximum atomic E-state index is 12.4. The minimum atomic E-state index is -3.24. The Balaban J connectivity index is 2.42. The van der Waals surface area contributed by atoms with Crippen LogP contribution in [0.5, 0.6) is 0 Å². The second-order valence-corrected chi connectivity index (χ2v) is 7.30. The molecule has 1 aromatic carbocycles. The van der Waals surface area contributed by atoms with Crippen molar-refractivity contribution in [2.24, 2.45) is 5.92 Å². The Kier molecular flexibility index (Phi) is 3.27. The second-order valence-electron chi connectivity index (χ2n) is 5.41. The van der Waals surface area contributed by atoms with Crippen molar-refractivity contribution in [1.29, 1.82) is 0 Å². The molecule has 0 fully saturated rings. The van der Waals surface area contributed by atoms with Crippen molar-refractivity contribution in [1.82, 2.24) is 0 Å². The van der Waals surface area contributed by atoms with Crippen molar-refractivity contribution < 1.29 is 8.42 Å². The van der Waals surface area contributed by atoms with Crippen LogP contribution in [0.1, 0.15) is 26.3 Å². The van der Waals surface area contributed by atoms with E-state index in [1.807, 2.05) is 32.9 Å². The fourth-order valence-corrected chi connectivity index (χ4v) is 4.65. The summed E-state index contributed by atoms with van der Waals surface area (Å²) in [4.78, 5) is 0. The monoisotopic (exact) mass is 268 g/mol. The predicted molar refractivity (Wildman–Crippen MR) is 75.1 cm³/mol.